The van der Waals surface area contributed by atoms with Crippen LogP contribution in [0.3, 0.4) is 0 Å². The largest absolute Gasteiger partial charge is 0.176 e. The van der Waals surface area contributed by atoms with Gasteiger partial charge in [-0.25, -0.2) is 0 Å². The molecule has 0 saturated heterocycles. The minimum absolute atomic E-state index is 0.654. The number of hydrogen-bond donors (Lipinski definition) is 0. The van der Waals surface area contributed by atoms with Crippen molar-refractivity contribution in [1.82, 2.24) is 0 Å². The van der Waals surface area contributed by atoms with E-state index >= 15 is 0 Å². The van der Waals surface area contributed by atoms with Crippen molar-refractivity contribution in [3.05, 3.63) is 57.0 Å². The van der Waals surface area contributed by atoms with Crippen LogP contribution in [0.5, 0.6) is 0 Å². The third-order valence-electron chi connectivity index (χ3n) is 2.31. The maximum absolute atomic E-state index is 6.15. The van der Waals surface area contributed by atoms with Gasteiger partial charge in [-0.05, 0) is 43.3 Å². The van der Waals surface area contributed by atoms with E-state index < -0.39 is 0 Å². The first-order valence-electron chi connectivity index (χ1n) is 4.99. The van der Waals surface area contributed by atoms with Gasteiger partial charge in [0.15, 0.2) is 9.79 Å². The number of rotatable bonds is 2. The quantitative estimate of drug-likeness (QED) is 0.529. The Balaban J connectivity index is 2.31. The average Bonchev–Trinajstić information content (AvgIpc) is 2.25. The summed E-state index contributed by atoms with van der Waals surface area (Å²) in [6.07, 6.45) is 0. The third kappa shape index (κ3) is 3.32. The zero-order chi connectivity index (χ0) is 12.4. The first-order valence-corrected chi connectivity index (χ1v) is 7.02. The molecule has 0 aliphatic rings. The van der Waals surface area contributed by atoms with Crippen LogP contribution in [0, 0.1) is 6.92 Å². The van der Waals surface area contributed by atoms with Crippen LogP contribution in [0.2, 0.25) is 15.1 Å². The van der Waals surface area contributed by atoms with Crippen molar-refractivity contribution in [3.63, 3.8) is 0 Å². The summed E-state index contributed by atoms with van der Waals surface area (Å²) in [4.78, 5) is 2.24. The van der Waals surface area contributed by atoms with Crippen molar-refractivity contribution < 1.29 is 0 Å². The molecule has 0 atom stereocenters. The Morgan fingerprint density at radius 2 is 1.41 bits per heavy atom. The van der Waals surface area contributed by atoms with Crippen LogP contribution in [0.1, 0.15) is 5.56 Å². The second kappa shape index (κ2) is 5.53. The fourth-order valence-corrected chi connectivity index (χ4v) is 3.18. The fraction of sp³-hybridized carbons (Fsp3) is 0.0769. The SMILES string of the molecule is Cc1cc(Cl)ccc1[SH+]c1ccc(Cl)cc1Cl. The minimum Gasteiger partial charge on any atom is -0.0843 e. The zero-order valence-corrected chi connectivity index (χ0v) is 12.2. The lowest BCUT2D eigenvalue weighted by atomic mass is 10.2. The topological polar surface area (TPSA) is 0 Å². The molecule has 17 heavy (non-hydrogen) atoms. The van der Waals surface area contributed by atoms with Crippen LogP contribution in [-0.4, -0.2) is 0 Å². The molecule has 0 nitrogen and oxygen atoms in total. The van der Waals surface area contributed by atoms with Gasteiger partial charge in [0.25, 0.3) is 0 Å². The molecule has 2 rings (SSSR count). The highest BCUT2D eigenvalue weighted by Crippen LogP contribution is 2.27. The predicted molar refractivity (Wildman–Crippen MR) is 77.9 cm³/mol. The summed E-state index contributed by atoms with van der Waals surface area (Å²) in [7, 11) is 0. The normalized spacial score (nSPS) is 10.6. The van der Waals surface area contributed by atoms with Gasteiger partial charge in [0.1, 0.15) is 0 Å². The second-order valence-corrected chi connectivity index (χ2v) is 6.11. The Morgan fingerprint density at radius 1 is 0.824 bits per heavy atom. The molecule has 0 spiro atoms. The number of thiol groups is 1. The molecular formula is C13H10Cl3S+. The molecule has 0 heterocycles. The summed E-state index contributed by atoms with van der Waals surface area (Å²) < 4.78 is 0. The Labute approximate surface area is 120 Å². The molecule has 0 fully saturated rings. The van der Waals surface area contributed by atoms with Crippen LogP contribution >= 0.6 is 34.8 Å². The Morgan fingerprint density at radius 3 is 2.00 bits per heavy atom. The van der Waals surface area contributed by atoms with Gasteiger partial charge >= 0.3 is 0 Å². The molecule has 0 aromatic heterocycles. The Kier molecular flexibility index (Phi) is 4.26. The van der Waals surface area contributed by atoms with Crippen LogP contribution in [0.15, 0.2) is 46.2 Å². The molecule has 0 unspecified atom stereocenters. The fourth-order valence-electron chi connectivity index (χ4n) is 1.45. The summed E-state index contributed by atoms with van der Waals surface area (Å²) in [6, 6.07) is 11.4. The van der Waals surface area contributed by atoms with Crippen molar-refractivity contribution >= 4 is 46.6 Å². The number of aryl methyl sites for hydroxylation is 1. The van der Waals surface area contributed by atoms with E-state index in [0.717, 1.165) is 27.2 Å². The second-order valence-electron chi connectivity index (χ2n) is 3.64. The monoisotopic (exact) mass is 303 g/mol. The minimum atomic E-state index is 0.654. The van der Waals surface area contributed by atoms with Gasteiger partial charge in [-0.1, -0.05) is 34.8 Å². The molecule has 0 saturated carbocycles. The van der Waals surface area contributed by atoms with E-state index in [0.29, 0.717) is 10.0 Å². The number of hydrogen-bond acceptors (Lipinski definition) is 0. The Bertz CT molecular complexity index is 503. The third-order valence-corrected chi connectivity index (χ3v) is 4.60. The number of halogens is 3. The van der Waals surface area contributed by atoms with Crippen LogP contribution in [-0.2, 0) is 11.8 Å². The zero-order valence-electron chi connectivity index (χ0n) is 9.05. The van der Waals surface area contributed by atoms with Crippen LogP contribution in [0.25, 0.3) is 0 Å². The maximum Gasteiger partial charge on any atom is 0.176 e. The summed E-state index contributed by atoms with van der Waals surface area (Å²) >= 11 is 19.0. The highest BCUT2D eigenvalue weighted by molar-refractivity contribution is 7.78. The van der Waals surface area contributed by atoms with Gasteiger partial charge in [-0.15, -0.1) is 0 Å². The van der Waals surface area contributed by atoms with Gasteiger partial charge in [-0.3, -0.25) is 0 Å². The van der Waals surface area contributed by atoms with E-state index in [1.165, 1.54) is 4.90 Å². The highest BCUT2D eigenvalue weighted by atomic mass is 35.5. The number of benzene rings is 2. The predicted octanol–water partition coefficient (Wildman–Crippen LogP) is 5.19. The molecule has 0 amide bonds. The lowest BCUT2D eigenvalue weighted by Crippen LogP contribution is -1.90. The van der Waals surface area contributed by atoms with Gasteiger partial charge in [0, 0.05) is 27.4 Å². The van der Waals surface area contributed by atoms with E-state index in [1.807, 2.05) is 37.3 Å². The molecule has 88 valence electrons. The molecule has 2 aromatic carbocycles. The first kappa shape index (κ1) is 13.1. The molecule has 0 aliphatic heterocycles. The van der Waals surface area contributed by atoms with Gasteiger partial charge in [0.2, 0.25) is 0 Å². The average molecular weight is 305 g/mol. The summed E-state index contributed by atoms with van der Waals surface area (Å²) in [5.74, 6) is 0. The van der Waals surface area contributed by atoms with E-state index in [2.05, 4.69) is 0 Å². The maximum atomic E-state index is 6.15. The standard InChI is InChI=1S/C13H9Cl3S/c1-8-6-9(14)2-4-12(8)17-13-5-3-10(15)7-11(13)16/h2-7H,1H3/p+1. The van der Waals surface area contributed by atoms with Crippen molar-refractivity contribution in [2.75, 3.05) is 0 Å². The smallest absolute Gasteiger partial charge is 0.0843 e. The molecule has 4 heteroatoms. The van der Waals surface area contributed by atoms with Crippen molar-refractivity contribution in [2.45, 2.75) is 16.7 Å². The summed E-state index contributed by atoms with van der Waals surface area (Å²) in [6.45, 7) is 2.04. The highest BCUT2D eigenvalue weighted by Gasteiger charge is 2.14. The lowest BCUT2D eigenvalue weighted by Gasteiger charge is -2.00. The molecule has 0 aliphatic carbocycles. The molecule has 0 radical (unpaired) electrons. The van der Waals surface area contributed by atoms with E-state index in [4.69, 9.17) is 34.8 Å². The van der Waals surface area contributed by atoms with E-state index in [1.54, 1.807) is 6.07 Å². The molecular weight excluding hydrogens is 295 g/mol. The summed E-state index contributed by atoms with van der Waals surface area (Å²) in [5, 5.41) is 2.10. The first-order chi connectivity index (χ1) is 8.06. The van der Waals surface area contributed by atoms with Crippen molar-refractivity contribution in [1.29, 1.82) is 0 Å². The van der Waals surface area contributed by atoms with Gasteiger partial charge in [-0.2, -0.15) is 0 Å². The van der Waals surface area contributed by atoms with Crippen LogP contribution in [0.4, 0.5) is 0 Å². The van der Waals surface area contributed by atoms with Crippen molar-refractivity contribution in [2.24, 2.45) is 0 Å². The van der Waals surface area contributed by atoms with E-state index in [-0.39, 0.29) is 0 Å². The Hall–Kier alpha value is -0.340. The van der Waals surface area contributed by atoms with Gasteiger partial charge < -0.3 is 0 Å². The lowest BCUT2D eigenvalue weighted by molar-refractivity contribution is 1.29. The molecule has 0 bridgehead atoms. The summed E-state index contributed by atoms with van der Waals surface area (Å²) in [5.41, 5.74) is 1.16. The molecule has 0 N–H and O–H groups in total. The van der Waals surface area contributed by atoms with Crippen molar-refractivity contribution in [3.8, 4) is 0 Å². The van der Waals surface area contributed by atoms with Gasteiger partial charge in [0.05, 0.1) is 5.02 Å². The van der Waals surface area contributed by atoms with Crippen LogP contribution < -0.4 is 0 Å². The molecule has 2 aromatic rings. The van der Waals surface area contributed by atoms with E-state index in [9.17, 15) is 0 Å².